The summed E-state index contributed by atoms with van der Waals surface area (Å²) in [6.07, 6.45) is 7.32. The summed E-state index contributed by atoms with van der Waals surface area (Å²) >= 11 is 6.42. The van der Waals surface area contributed by atoms with Gasteiger partial charge in [-0.15, -0.1) is 0 Å². The summed E-state index contributed by atoms with van der Waals surface area (Å²) in [6.45, 7) is 3.06. The number of aryl methyl sites for hydroxylation is 1. The minimum Gasteiger partial charge on any atom is -0.482 e. The summed E-state index contributed by atoms with van der Waals surface area (Å²) in [4.78, 5) is 26.5. The largest absolute Gasteiger partial charge is 0.482 e. The van der Waals surface area contributed by atoms with E-state index < -0.39 is 11.2 Å². The summed E-state index contributed by atoms with van der Waals surface area (Å²) in [6, 6.07) is 4.85. The predicted molar refractivity (Wildman–Crippen MR) is 120 cm³/mol. The van der Waals surface area contributed by atoms with Gasteiger partial charge in [-0.05, 0) is 43.7 Å². The number of hydrogen-bond acceptors (Lipinski definition) is 5. The normalized spacial score (nSPS) is 23.6. The van der Waals surface area contributed by atoms with Crippen LogP contribution in [0.4, 0.5) is 0 Å². The number of amides is 1. The smallest absolute Gasteiger partial charge is 0.336 e. The van der Waals surface area contributed by atoms with Crippen molar-refractivity contribution in [1.29, 1.82) is 0 Å². The van der Waals surface area contributed by atoms with Crippen molar-refractivity contribution in [2.24, 2.45) is 5.92 Å². The van der Waals surface area contributed by atoms with Crippen molar-refractivity contribution < 1.29 is 19.1 Å². The number of ether oxygens (including phenoxy) is 1. The van der Waals surface area contributed by atoms with Gasteiger partial charge in [-0.3, -0.25) is 4.79 Å². The molecule has 0 unspecified atom stereocenters. The van der Waals surface area contributed by atoms with Crippen LogP contribution in [0.3, 0.4) is 0 Å². The Morgan fingerprint density at radius 1 is 1.32 bits per heavy atom. The zero-order valence-electron chi connectivity index (χ0n) is 18.0. The SMILES string of the molecule is CCCCc1cc(=O)oc2cc(OCC(=O)N3CC[C@@]4(O)CCCC[C@H]4C3)c(Cl)cc12. The van der Waals surface area contributed by atoms with Crippen LogP contribution >= 0.6 is 11.6 Å². The molecule has 1 amide bonds. The van der Waals surface area contributed by atoms with E-state index in [1.54, 1.807) is 17.0 Å². The van der Waals surface area contributed by atoms with E-state index in [2.05, 4.69) is 6.92 Å². The maximum atomic E-state index is 12.8. The van der Waals surface area contributed by atoms with Crippen LogP contribution < -0.4 is 10.4 Å². The Morgan fingerprint density at radius 3 is 2.97 bits per heavy atom. The number of fused-ring (bicyclic) bond motifs is 2. The molecule has 0 bridgehead atoms. The van der Waals surface area contributed by atoms with E-state index in [0.29, 0.717) is 35.9 Å². The number of carbonyl (C=O) groups is 1. The first-order chi connectivity index (χ1) is 14.9. The molecule has 168 valence electrons. The first-order valence-electron chi connectivity index (χ1n) is 11.3. The lowest BCUT2D eigenvalue weighted by Crippen LogP contribution is -2.55. The van der Waals surface area contributed by atoms with Gasteiger partial charge in [-0.25, -0.2) is 4.79 Å². The summed E-state index contributed by atoms with van der Waals surface area (Å²) in [7, 11) is 0. The van der Waals surface area contributed by atoms with Crippen molar-refractivity contribution in [1.82, 2.24) is 4.90 Å². The van der Waals surface area contributed by atoms with Crippen molar-refractivity contribution in [3.63, 3.8) is 0 Å². The lowest BCUT2D eigenvalue weighted by Gasteiger charge is -2.47. The number of carbonyl (C=O) groups excluding carboxylic acids is 1. The van der Waals surface area contributed by atoms with Gasteiger partial charge in [-0.2, -0.15) is 0 Å². The average molecular weight is 448 g/mol. The number of unbranched alkanes of at least 4 members (excludes halogenated alkanes) is 1. The average Bonchev–Trinajstić information content (AvgIpc) is 2.75. The van der Waals surface area contributed by atoms with Gasteiger partial charge in [0.2, 0.25) is 0 Å². The van der Waals surface area contributed by atoms with E-state index in [1.807, 2.05) is 0 Å². The van der Waals surface area contributed by atoms with Crippen LogP contribution in [-0.4, -0.2) is 41.2 Å². The molecular weight excluding hydrogens is 418 g/mol. The molecule has 1 aliphatic carbocycles. The number of hydrogen-bond donors (Lipinski definition) is 1. The molecular formula is C24H30ClNO5. The molecule has 2 fully saturated rings. The van der Waals surface area contributed by atoms with E-state index in [0.717, 1.165) is 55.9 Å². The van der Waals surface area contributed by atoms with Gasteiger partial charge >= 0.3 is 5.63 Å². The van der Waals surface area contributed by atoms with E-state index >= 15 is 0 Å². The fraction of sp³-hybridized carbons (Fsp3) is 0.583. The van der Waals surface area contributed by atoms with Gasteiger partial charge in [0.25, 0.3) is 5.91 Å². The van der Waals surface area contributed by atoms with Gasteiger partial charge in [0.15, 0.2) is 6.61 Å². The second-order valence-corrected chi connectivity index (χ2v) is 9.30. The van der Waals surface area contributed by atoms with Crippen molar-refractivity contribution in [3.8, 4) is 5.75 Å². The lowest BCUT2D eigenvalue weighted by molar-refractivity contribution is -0.145. The molecule has 4 rings (SSSR count). The molecule has 31 heavy (non-hydrogen) atoms. The molecule has 2 atom stereocenters. The zero-order chi connectivity index (χ0) is 22.0. The highest BCUT2D eigenvalue weighted by Crippen LogP contribution is 2.40. The van der Waals surface area contributed by atoms with Crippen molar-refractivity contribution >= 4 is 28.5 Å². The second-order valence-electron chi connectivity index (χ2n) is 8.90. The Labute approximate surface area is 187 Å². The van der Waals surface area contributed by atoms with Crippen molar-refractivity contribution in [2.75, 3.05) is 19.7 Å². The topological polar surface area (TPSA) is 80.0 Å². The maximum absolute atomic E-state index is 12.8. The Kier molecular flexibility index (Phi) is 6.58. The minimum absolute atomic E-state index is 0.123. The highest BCUT2D eigenvalue weighted by Gasteiger charge is 2.43. The molecule has 2 aromatic rings. The van der Waals surface area contributed by atoms with Crippen LogP contribution in [0.2, 0.25) is 5.02 Å². The Morgan fingerprint density at radius 2 is 2.16 bits per heavy atom. The second kappa shape index (κ2) is 9.21. The summed E-state index contributed by atoms with van der Waals surface area (Å²) in [5, 5.41) is 12.0. The quantitative estimate of drug-likeness (QED) is 0.667. The Balaban J connectivity index is 1.45. The third-order valence-corrected chi connectivity index (χ3v) is 7.11. The number of nitrogens with zero attached hydrogens (tertiary/aromatic N) is 1. The molecule has 2 heterocycles. The zero-order valence-corrected chi connectivity index (χ0v) is 18.7. The highest BCUT2D eigenvalue weighted by atomic mass is 35.5. The first-order valence-corrected chi connectivity index (χ1v) is 11.7. The van der Waals surface area contributed by atoms with E-state index in [-0.39, 0.29) is 18.4 Å². The van der Waals surface area contributed by atoms with Crippen molar-refractivity contribution in [3.05, 3.63) is 39.2 Å². The van der Waals surface area contributed by atoms with E-state index in [9.17, 15) is 14.7 Å². The number of aliphatic hydroxyl groups is 1. The van der Waals surface area contributed by atoms with E-state index in [1.165, 1.54) is 6.07 Å². The fourth-order valence-corrected chi connectivity index (χ4v) is 5.16. The molecule has 1 aliphatic heterocycles. The van der Waals surface area contributed by atoms with Crippen LogP contribution in [0.15, 0.2) is 27.4 Å². The van der Waals surface area contributed by atoms with Gasteiger partial charge in [-0.1, -0.05) is 37.8 Å². The van der Waals surface area contributed by atoms with Crippen LogP contribution in [-0.2, 0) is 11.2 Å². The molecule has 1 aromatic carbocycles. The standard InChI is InChI=1S/C24H30ClNO5/c1-2-3-6-16-11-23(28)31-20-13-21(19(25)12-18(16)20)30-15-22(27)26-10-9-24(29)8-5-4-7-17(24)14-26/h11-13,17,29H,2-10,14-15H2,1H3/t17-,24-/m0/s1. The number of benzene rings is 1. The molecule has 0 spiro atoms. The molecule has 6 nitrogen and oxygen atoms in total. The number of likely N-dealkylation sites (tertiary alicyclic amines) is 1. The van der Waals surface area contributed by atoms with Crippen LogP contribution in [0.25, 0.3) is 11.0 Å². The van der Waals surface area contributed by atoms with Crippen LogP contribution in [0, 0.1) is 5.92 Å². The monoisotopic (exact) mass is 447 g/mol. The Hall–Kier alpha value is -2.05. The third-order valence-electron chi connectivity index (χ3n) is 6.81. The molecule has 1 saturated heterocycles. The third kappa shape index (κ3) is 4.75. The fourth-order valence-electron chi connectivity index (χ4n) is 4.94. The molecule has 1 N–H and O–H groups in total. The summed E-state index contributed by atoms with van der Waals surface area (Å²) in [5.74, 6) is 0.338. The molecule has 1 saturated carbocycles. The van der Waals surface area contributed by atoms with Gasteiger partial charge in [0.05, 0.1) is 10.6 Å². The first kappa shape index (κ1) is 22.2. The van der Waals surface area contributed by atoms with Gasteiger partial charge in [0, 0.05) is 36.5 Å². The summed E-state index contributed by atoms with van der Waals surface area (Å²) in [5.41, 5.74) is 0.294. The van der Waals surface area contributed by atoms with Crippen LogP contribution in [0.1, 0.15) is 57.4 Å². The molecule has 1 aromatic heterocycles. The molecule has 7 heteroatoms. The number of rotatable bonds is 6. The van der Waals surface area contributed by atoms with E-state index in [4.69, 9.17) is 20.8 Å². The molecule has 2 aliphatic rings. The summed E-state index contributed by atoms with van der Waals surface area (Å²) < 4.78 is 11.1. The van der Waals surface area contributed by atoms with Gasteiger partial charge in [0.1, 0.15) is 11.3 Å². The molecule has 0 radical (unpaired) electrons. The number of halogens is 1. The van der Waals surface area contributed by atoms with Crippen LogP contribution in [0.5, 0.6) is 5.75 Å². The minimum atomic E-state index is -0.620. The predicted octanol–water partition coefficient (Wildman–Crippen LogP) is 4.32. The Bertz CT molecular complexity index is 1020. The maximum Gasteiger partial charge on any atom is 0.336 e. The highest BCUT2D eigenvalue weighted by molar-refractivity contribution is 6.32. The lowest BCUT2D eigenvalue weighted by atomic mass is 9.71. The van der Waals surface area contributed by atoms with Crippen molar-refractivity contribution in [2.45, 2.75) is 63.9 Å². The number of piperidine rings is 1. The van der Waals surface area contributed by atoms with Gasteiger partial charge < -0.3 is 19.2 Å².